The number of hydrogen-bond donors (Lipinski definition) is 1. The van der Waals surface area contributed by atoms with E-state index in [1.165, 1.54) is 17.0 Å². The lowest BCUT2D eigenvalue weighted by atomic mass is 9.85. The molecule has 1 heterocycles. The van der Waals surface area contributed by atoms with Crippen LogP contribution in [0.15, 0.2) is 30.3 Å². The van der Waals surface area contributed by atoms with Crippen molar-refractivity contribution < 1.29 is 18.3 Å². The number of carbonyl (C=O) groups is 1. The lowest BCUT2D eigenvalue weighted by molar-refractivity contribution is -0.142. The summed E-state index contributed by atoms with van der Waals surface area (Å²) in [7, 11) is -3.36. The fourth-order valence-corrected chi connectivity index (χ4v) is 5.29. The standard InChI is InChI=1S/C19H28N2O4S/c1-26(24,25)20(14-15-7-3-2-4-8-15)11-12-21-17-10-6-5-9-16(17)13-18(21)19(22)23/h2-4,7-8,16-18H,5-6,9-14H2,1H3,(H,22,23). The summed E-state index contributed by atoms with van der Waals surface area (Å²) in [6.07, 6.45) is 6.32. The van der Waals surface area contributed by atoms with Crippen molar-refractivity contribution in [1.82, 2.24) is 9.21 Å². The number of benzene rings is 1. The first-order chi connectivity index (χ1) is 12.4. The molecule has 1 aromatic rings. The third kappa shape index (κ3) is 4.45. The highest BCUT2D eigenvalue weighted by atomic mass is 32.2. The molecule has 1 N–H and O–H groups in total. The predicted molar refractivity (Wildman–Crippen MR) is 100 cm³/mol. The number of likely N-dealkylation sites (tertiary alicyclic amines) is 1. The molecule has 1 saturated carbocycles. The number of hydrogen-bond acceptors (Lipinski definition) is 4. The van der Waals surface area contributed by atoms with Crippen molar-refractivity contribution in [3.05, 3.63) is 35.9 Å². The van der Waals surface area contributed by atoms with Crippen LogP contribution in [0.1, 0.15) is 37.7 Å². The van der Waals surface area contributed by atoms with E-state index >= 15 is 0 Å². The van der Waals surface area contributed by atoms with Crippen LogP contribution >= 0.6 is 0 Å². The highest BCUT2D eigenvalue weighted by molar-refractivity contribution is 7.88. The van der Waals surface area contributed by atoms with E-state index in [1.54, 1.807) is 0 Å². The Balaban J connectivity index is 1.71. The zero-order chi connectivity index (χ0) is 18.7. The van der Waals surface area contributed by atoms with Gasteiger partial charge in [-0.2, -0.15) is 4.31 Å². The lowest BCUT2D eigenvalue weighted by Crippen LogP contribution is -2.46. The summed E-state index contributed by atoms with van der Waals surface area (Å²) in [6.45, 7) is 1.11. The smallest absolute Gasteiger partial charge is 0.320 e. The summed E-state index contributed by atoms with van der Waals surface area (Å²) in [5, 5.41) is 9.62. The molecule has 0 amide bonds. The van der Waals surface area contributed by atoms with Crippen molar-refractivity contribution in [3.8, 4) is 0 Å². The van der Waals surface area contributed by atoms with Crippen molar-refractivity contribution in [2.24, 2.45) is 5.92 Å². The molecule has 2 fully saturated rings. The summed E-state index contributed by atoms with van der Waals surface area (Å²) in [4.78, 5) is 13.8. The lowest BCUT2D eigenvalue weighted by Gasteiger charge is -2.34. The molecule has 1 aliphatic heterocycles. The molecule has 2 aliphatic rings. The highest BCUT2D eigenvalue weighted by Crippen LogP contribution is 2.39. The Morgan fingerprint density at radius 3 is 2.58 bits per heavy atom. The molecule has 26 heavy (non-hydrogen) atoms. The van der Waals surface area contributed by atoms with Gasteiger partial charge in [0.1, 0.15) is 6.04 Å². The Bertz CT molecular complexity index is 722. The van der Waals surface area contributed by atoms with Gasteiger partial charge in [-0.25, -0.2) is 8.42 Å². The predicted octanol–water partition coefficient (Wildman–Crippen LogP) is 2.17. The topological polar surface area (TPSA) is 77.9 Å². The molecule has 0 spiro atoms. The van der Waals surface area contributed by atoms with Crippen molar-refractivity contribution in [2.45, 2.75) is 50.7 Å². The average molecular weight is 381 g/mol. The third-order valence-corrected chi connectivity index (χ3v) is 7.03. The molecule has 3 unspecified atom stereocenters. The fourth-order valence-electron chi connectivity index (χ4n) is 4.49. The van der Waals surface area contributed by atoms with Crippen LogP contribution in [0.25, 0.3) is 0 Å². The van der Waals surface area contributed by atoms with Crippen LogP contribution in [0.4, 0.5) is 0 Å². The molecule has 3 atom stereocenters. The second kappa shape index (κ2) is 8.06. The first kappa shape index (κ1) is 19.3. The van der Waals surface area contributed by atoms with Crippen LogP contribution in [-0.4, -0.2) is 60.1 Å². The Kier molecular flexibility index (Phi) is 5.99. The number of fused-ring (bicyclic) bond motifs is 1. The van der Waals surface area contributed by atoms with Crippen LogP contribution in [0.3, 0.4) is 0 Å². The minimum atomic E-state index is -3.36. The third-order valence-electron chi connectivity index (χ3n) is 5.78. The van der Waals surface area contributed by atoms with Crippen molar-refractivity contribution in [3.63, 3.8) is 0 Å². The van der Waals surface area contributed by atoms with Crippen LogP contribution in [0, 0.1) is 5.92 Å². The summed E-state index contributed by atoms with van der Waals surface area (Å²) >= 11 is 0. The van der Waals surface area contributed by atoms with Gasteiger partial charge in [0.2, 0.25) is 10.0 Å². The van der Waals surface area contributed by atoms with Gasteiger partial charge in [0.05, 0.1) is 6.26 Å². The molecule has 1 saturated heterocycles. The molecule has 7 heteroatoms. The van der Waals surface area contributed by atoms with Crippen LogP contribution < -0.4 is 0 Å². The van der Waals surface area contributed by atoms with E-state index in [0.29, 0.717) is 32.0 Å². The van der Waals surface area contributed by atoms with Gasteiger partial charge in [0.25, 0.3) is 0 Å². The van der Waals surface area contributed by atoms with Crippen LogP contribution in [0.2, 0.25) is 0 Å². The Morgan fingerprint density at radius 1 is 1.23 bits per heavy atom. The number of carboxylic acid groups (broad SMARTS) is 1. The van der Waals surface area contributed by atoms with E-state index in [-0.39, 0.29) is 6.04 Å². The van der Waals surface area contributed by atoms with E-state index in [2.05, 4.69) is 4.90 Å². The SMILES string of the molecule is CS(=O)(=O)N(CCN1C(C(=O)O)CC2CCCCC21)Cc1ccccc1. The molecule has 3 rings (SSSR count). The number of rotatable bonds is 7. The van der Waals surface area contributed by atoms with E-state index in [4.69, 9.17) is 0 Å². The first-order valence-corrected chi connectivity index (χ1v) is 11.2. The highest BCUT2D eigenvalue weighted by Gasteiger charge is 2.45. The summed E-state index contributed by atoms with van der Waals surface area (Å²) in [5.74, 6) is -0.348. The monoisotopic (exact) mass is 380 g/mol. The van der Waals surface area contributed by atoms with E-state index < -0.39 is 22.0 Å². The normalized spacial score (nSPS) is 26.8. The quantitative estimate of drug-likeness (QED) is 0.784. The minimum Gasteiger partial charge on any atom is -0.480 e. The van der Waals surface area contributed by atoms with Gasteiger partial charge < -0.3 is 5.11 Å². The number of nitrogens with zero attached hydrogens (tertiary/aromatic N) is 2. The van der Waals surface area contributed by atoms with Gasteiger partial charge in [-0.1, -0.05) is 43.2 Å². The Labute approximate surface area is 155 Å². The molecule has 0 bridgehead atoms. The maximum atomic E-state index is 12.2. The van der Waals surface area contributed by atoms with Crippen LogP contribution in [0.5, 0.6) is 0 Å². The maximum Gasteiger partial charge on any atom is 0.320 e. The van der Waals surface area contributed by atoms with Gasteiger partial charge in [-0.05, 0) is 30.7 Å². The van der Waals surface area contributed by atoms with Crippen molar-refractivity contribution in [1.29, 1.82) is 0 Å². The molecular weight excluding hydrogens is 352 g/mol. The van der Waals surface area contributed by atoms with E-state index in [1.807, 2.05) is 30.3 Å². The first-order valence-electron chi connectivity index (χ1n) is 9.34. The summed E-state index contributed by atoms with van der Waals surface area (Å²) in [5.41, 5.74) is 0.935. The number of aliphatic carboxylic acids is 1. The molecule has 0 radical (unpaired) electrons. The van der Waals surface area contributed by atoms with E-state index in [9.17, 15) is 18.3 Å². The van der Waals surface area contributed by atoms with Crippen molar-refractivity contribution in [2.75, 3.05) is 19.3 Å². The van der Waals surface area contributed by atoms with Gasteiger partial charge in [-0.15, -0.1) is 0 Å². The minimum absolute atomic E-state index is 0.281. The van der Waals surface area contributed by atoms with Gasteiger partial charge in [0.15, 0.2) is 0 Å². The Morgan fingerprint density at radius 2 is 1.92 bits per heavy atom. The molecule has 144 valence electrons. The van der Waals surface area contributed by atoms with Crippen molar-refractivity contribution >= 4 is 16.0 Å². The number of carboxylic acids is 1. The summed E-state index contributed by atoms with van der Waals surface area (Å²) < 4.78 is 25.9. The summed E-state index contributed by atoms with van der Waals surface area (Å²) in [6, 6.07) is 9.30. The molecule has 1 aromatic carbocycles. The fraction of sp³-hybridized carbons (Fsp3) is 0.632. The van der Waals surface area contributed by atoms with Gasteiger partial charge in [-0.3, -0.25) is 9.69 Å². The zero-order valence-corrected chi connectivity index (χ0v) is 16.1. The van der Waals surface area contributed by atoms with Gasteiger partial charge >= 0.3 is 5.97 Å². The second-order valence-corrected chi connectivity index (χ2v) is 9.50. The van der Waals surface area contributed by atoms with Crippen LogP contribution in [-0.2, 0) is 21.4 Å². The largest absolute Gasteiger partial charge is 0.480 e. The molecule has 1 aliphatic carbocycles. The molecular formula is C19H28N2O4S. The average Bonchev–Trinajstić information content (AvgIpc) is 2.97. The molecule has 6 nitrogen and oxygen atoms in total. The Hall–Kier alpha value is -1.44. The van der Waals surface area contributed by atoms with E-state index in [0.717, 1.165) is 24.8 Å². The zero-order valence-electron chi connectivity index (χ0n) is 15.3. The maximum absolute atomic E-state index is 12.2. The molecule has 0 aromatic heterocycles. The van der Waals surface area contributed by atoms with Gasteiger partial charge in [0, 0.05) is 25.7 Å². The number of sulfonamides is 1. The second-order valence-electron chi connectivity index (χ2n) is 7.52.